The molecule has 1 fully saturated rings. The van der Waals surface area contributed by atoms with Crippen molar-refractivity contribution in [3.05, 3.63) is 29.8 Å². The van der Waals surface area contributed by atoms with Gasteiger partial charge in [-0.05, 0) is 37.5 Å². The van der Waals surface area contributed by atoms with Crippen molar-refractivity contribution < 1.29 is 22.7 Å². The van der Waals surface area contributed by atoms with Gasteiger partial charge in [-0.25, -0.2) is 8.42 Å². The van der Waals surface area contributed by atoms with Crippen molar-refractivity contribution in [1.29, 1.82) is 0 Å². The largest absolute Gasteiger partial charge is 0.375 e. The predicted molar refractivity (Wildman–Crippen MR) is 85.9 cm³/mol. The summed E-state index contributed by atoms with van der Waals surface area (Å²) in [6, 6.07) is 6.18. The zero-order chi connectivity index (χ0) is 17.3. The topological polar surface area (TPSA) is 95.7 Å². The molecule has 1 aliphatic rings. The van der Waals surface area contributed by atoms with Crippen LogP contribution in [0.1, 0.15) is 31.2 Å². The van der Waals surface area contributed by atoms with Gasteiger partial charge in [0.2, 0.25) is 5.91 Å². The van der Waals surface area contributed by atoms with E-state index in [4.69, 9.17) is 15.2 Å². The van der Waals surface area contributed by atoms with Gasteiger partial charge in [-0.15, -0.1) is 0 Å². The van der Waals surface area contributed by atoms with Crippen LogP contribution in [0, 0.1) is 0 Å². The number of hydrogen-bond acceptors (Lipinski definition) is 5. The summed E-state index contributed by atoms with van der Waals surface area (Å²) in [4.78, 5) is 12.3. The number of amides is 1. The molecule has 1 aromatic rings. The van der Waals surface area contributed by atoms with Crippen LogP contribution in [-0.4, -0.2) is 46.0 Å². The summed E-state index contributed by atoms with van der Waals surface area (Å²) in [6.07, 6.45) is 2.59. The lowest BCUT2D eigenvalue weighted by Crippen LogP contribution is -2.50. The van der Waals surface area contributed by atoms with E-state index in [0.717, 1.165) is 19.1 Å². The molecule has 128 valence electrons. The zero-order valence-corrected chi connectivity index (χ0v) is 14.4. The molecule has 0 aliphatic carbocycles. The second-order valence-electron chi connectivity index (χ2n) is 6.07. The number of carbonyl (C=O) groups excluding carboxylic acids is 1. The van der Waals surface area contributed by atoms with Gasteiger partial charge >= 0.3 is 0 Å². The van der Waals surface area contributed by atoms with Crippen molar-refractivity contribution in [1.82, 2.24) is 0 Å². The van der Waals surface area contributed by atoms with E-state index in [1.54, 1.807) is 12.1 Å². The van der Waals surface area contributed by atoms with Gasteiger partial charge in [0.25, 0.3) is 0 Å². The molecule has 7 heteroatoms. The number of sulfone groups is 1. The molecule has 1 heterocycles. The number of rotatable bonds is 6. The maximum atomic E-state index is 12.1. The van der Waals surface area contributed by atoms with E-state index >= 15 is 0 Å². The van der Waals surface area contributed by atoms with Crippen LogP contribution in [0.4, 0.5) is 0 Å². The number of primary amides is 1. The average Bonchev–Trinajstić information content (AvgIpc) is 3.01. The Morgan fingerprint density at radius 2 is 2.00 bits per heavy atom. The summed E-state index contributed by atoms with van der Waals surface area (Å²) < 4.78 is 34.5. The zero-order valence-electron chi connectivity index (χ0n) is 13.6. The standard InChI is InChI=1S/C16H23NO5S/c1-16(21-2,13-5-4-10-22-13)14(15(17)18)11-6-8-12(9-7-11)23(3,19)20/h6-9,13-14H,4-5,10H2,1-3H3,(H2,17,18). The van der Waals surface area contributed by atoms with Gasteiger partial charge in [0.1, 0.15) is 5.60 Å². The van der Waals surface area contributed by atoms with Crippen LogP contribution in [0.3, 0.4) is 0 Å². The van der Waals surface area contributed by atoms with Crippen molar-refractivity contribution in [2.75, 3.05) is 20.0 Å². The SMILES string of the molecule is COC(C)(C1CCCO1)C(C(N)=O)c1ccc(S(C)(=O)=O)cc1. The first-order chi connectivity index (χ1) is 10.7. The molecule has 0 spiro atoms. The van der Waals surface area contributed by atoms with Crippen LogP contribution in [0.2, 0.25) is 0 Å². The van der Waals surface area contributed by atoms with Crippen molar-refractivity contribution in [3.63, 3.8) is 0 Å². The number of hydrogen-bond donors (Lipinski definition) is 1. The van der Waals surface area contributed by atoms with E-state index in [-0.39, 0.29) is 11.0 Å². The average molecular weight is 341 g/mol. The molecule has 1 aliphatic heterocycles. The quantitative estimate of drug-likeness (QED) is 0.840. The third-order valence-electron chi connectivity index (χ3n) is 4.51. The van der Waals surface area contributed by atoms with Gasteiger partial charge in [0, 0.05) is 20.0 Å². The number of nitrogens with two attached hydrogens (primary N) is 1. The molecule has 1 amide bonds. The Kier molecular flexibility index (Phi) is 5.13. The Hall–Kier alpha value is -1.44. The molecule has 3 unspecified atom stereocenters. The summed E-state index contributed by atoms with van der Waals surface area (Å²) in [5, 5.41) is 0. The highest BCUT2D eigenvalue weighted by atomic mass is 32.2. The minimum absolute atomic E-state index is 0.195. The summed E-state index contributed by atoms with van der Waals surface area (Å²) >= 11 is 0. The Morgan fingerprint density at radius 3 is 2.39 bits per heavy atom. The lowest BCUT2D eigenvalue weighted by Gasteiger charge is -2.39. The monoisotopic (exact) mass is 341 g/mol. The minimum Gasteiger partial charge on any atom is -0.375 e. The number of benzene rings is 1. The minimum atomic E-state index is -3.29. The van der Waals surface area contributed by atoms with Crippen molar-refractivity contribution >= 4 is 15.7 Å². The van der Waals surface area contributed by atoms with Crippen molar-refractivity contribution in [2.24, 2.45) is 5.73 Å². The second kappa shape index (κ2) is 6.59. The van der Waals surface area contributed by atoms with Crippen LogP contribution in [-0.2, 0) is 24.1 Å². The van der Waals surface area contributed by atoms with Gasteiger partial charge in [0.15, 0.2) is 9.84 Å². The molecular formula is C16H23NO5S. The van der Waals surface area contributed by atoms with Crippen LogP contribution in [0.5, 0.6) is 0 Å². The fraction of sp³-hybridized carbons (Fsp3) is 0.562. The summed E-state index contributed by atoms with van der Waals surface area (Å²) in [5.41, 5.74) is 5.34. The Labute approximate surface area is 136 Å². The summed E-state index contributed by atoms with van der Waals surface area (Å²) in [5.74, 6) is -1.26. The van der Waals surface area contributed by atoms with E-state index in [0.29, 0.717) is 12.2 Å². The number of ether oxygens (including phenoxy) is 2. The Morgan fingerprint density at radius 1 is 1.39 bits per heavy atom. The lowest BCUT2D eigenvalue weighted by molar-refractivity contribution is -0.141. The van der Waals surface area contributed by atoms with Crippen LogP contribution < -0.4 is 5.73 Å². The molecule has 0 bridgehead atoms. The lowest BCUT2D eigenvalue weighted by atomic mass is 9.78. The molecule has 2 N–H and O–H groups in total. The van der Waals surface area contributed by atoms with E-state index in [1.807, 2.05) is 6.92 Å². The van der Waals surface area contributed by atoms with Gasteiger partial charge in [-0.3, -0.25) is 4.79 Å². The summed E-state index contributed by atoms with van der Waals surface area (Å²) in [6.45, 7) is 2.44. The van der Waals surface area contributed by atoms with Crippen molar-refractivity contribution in [2.45, 2.75) is 42.3 Å². The fourth-order valence-corrected chi connectivity index (χ4v) is 3.78. The molecule has 3 atom stereocenters. The van der Waals surface area contributed by atoms with Crippen molar-refractivity contribution in [3.8, 4) is 0 Å². The van der Waals surface area contributed by atoms with Gasteiger partial charge in [-0.2, -0.15) is 0 Å². The highest BCUT2D eigenvalue weighted by Gasteiger charge is 2.47. The molecule has 2 rings (SSSR count). The third kappa shape index (κ3) is 3.57. The molecule has 1 aromatic carbocycles. The molecule has 23 heavy (non-hydrogen) atoms. The molecular weight excluding hydrogens is 318 g/mol. The maximum absolute atomic E-state index is 12.1. The van der Waals surface area contributed by atoms with Gasteiger partial charge < -0.3 is 15.2 Å². The van der Waals surface area contributed by atoms with E-state index in [1.165, 1.54) is 19.2 Å². The number of methoxy groups -OCH3 is 1. The van der Waals surface area contributed by atoms with Gasteiger partial charge in [-0.1, -0.05) is 12.1 Å². The maximum Gasteiger partial charge on any atom is 0.228 e. The van der Waals surface area contributed by atoms with E-state index in [2.05, 4.69) is 0 Å². The summed E-state index contributed by atoms with van der Waals surface area (Å²) in [7, 11) is -1.76. The first kappa shape index (κ1) is 17.9. The smallest absolute Gasteiger partial charge is 0.228 e. The normalized spacial score (nSPS) is 22.5. The van der Waals surface area contributed by atoms with Crippen LogP contribution in [0.15, 0.2) is 29.2 Å². The highest BCUT2D eigenvalue weighted by Crippen LogP contribution is 2.39. The first-order valence-corrected chi connectivity index (χ1v) is 9.35. The fourth-order valence-electron chi connectivity index (χ4n) is 3.15. The van der Waals surface area contributed by atoms with E-state index in [9.17, 15) is 13.2 Å². The molecule has 0 aromatic heterocycles. The molecule has 6 nitrogen and oxygen atoms in total. The Balaban J connectivity index is 2.43. The first-order valence-electron chi connectivity index (χ1n) is 7.46. The van der Waals surface area contributed by atoms with E-state index < -0.39 is 27.3 Å². The van der Waals surface area contributed by atoms with Crippen LogP contribution in [0.25, 0.3) is 0 Å². The molecule has 0 radical (unpaired) electrons. The third-order valence-corrected chi connectivity index (χ3v) is 5.64. The molecule has 1 saturated heterocycles. The van der Waals surface area contributed by atoms with Gasteiger partial charge in [0.05, 0.1) is 16.9 Å². The molecule has 0 saturated carbocycles. The second-order valence-corrected chi connectivity index (χ2v) is 8.08. The Bertz CT molecular complexity index is 664. The predicted octanol–water partition coefficient (Wildman–Crippen LogP) is 1.24. The number of carbonyl (C=O) groups is 1. The van der Waals surface area contributed by atoms with Crippen LogP contribution >= 0.6 is 0 Å². The highest BCUT2D eigenvalue weighted by molar-refractivity contribution is 7.90.